The summed E-state index contributed by atoms with van der Waals surface area (Å²) in [5.41, 5.74) is 2.17. The first kappa shape index (κ1) is 25.4. The van der Waals surface area contributed by atoms with Gasteiger partial charge in [0.2, 0.25) is 5.82 Å². The average molecular weight is 490 g/mol. The Hall–Kier alpha value is -3.27. The molecular formula is C24H28ClN3O6. The zero-order valence-electron chi connectivity index (χ0n) is 19.2. The van der Waals surface area contributed by atoms with Gasteiger partial charge in [0.1, 0.15) is 5.58 Å². The monoisotopic (exact) mass is 489 g/mol. The normalized spacial score (nSPS) is 11.0. The van der Waals surface area contributed by atoms with Gasteiger partial charge in [-0.15, -0.1) is 12.4 Å². The van der Waals surface area contributed by atoms with Crippen LogP contribution in [0.2, 0.25) is 0 Å². The molecule has 0 radical (unpaired) electrons. The van der Waals surface area contributed by atoms with Crippen LogP contribution in [0.15, 0.2) is 51.4 Å². The second-order valence-corrected chi connectivity index (χ2v) is 7.42. The van der Waals surface area contributed by atoms with E-state index in [4.69, 9.17) is 18.4 Å². The molecule has 2 aromatic carbocycles. The highest BCUT2D eigenvalue weighted by atomic mass is 35.5. The van der Waals surface area contributed by atoms with Crippen molar-refractivity contribution < 1.29 is 28.6 Å². The molecule has 0 aliphatic heterocycles. The van der Waals surface area contributed by atoms with Crippen LogP contribution in [0.1, 0.15) is 13.8 Å². The van der Waals surface area contributed by atoms with Crippen LogP contribution in [0.4, 0.5) is 5.88 Å². The fourth-order valence-corrected chi connectivity index (χ4v) is 3.47. The molecule has 34 heavy (non-hydrogen) atoms. The number of halogens is 1. The van der Waals surface area contributed by atoms with Crippen molar-refractivity contribution in [3.05, 3.63) is 42.5 Å². The summed E-state index contributed by atoms with van der Waals surface area (Å²) in [4.78, 5) is 6.25. The Bertz CT molecular complexity index is 1220. The zero-order chi connectivity index (χ0) is 23.4. The fraction of sp³-hybridized carbons (Fsp3) is 0.333. The molecular weight excluding hydrogens is 462 g/mol. The molecule has 0 saturated carbocycles. The number of hydrogen-bond donors (Lipinski definition) is 2. The van der Waals surface area contributed by atoms with Crippen molar-refractivity contribution in [2.24, 2.45) is 0 Å². The first-order valence-corrected chi connectivity index (χ1v) is 10.8. The van der Waals surface area contributed by atoms with Crippen molar-refractivity contribution in [2.45, 2.75) is 19.9 Å². The Morgan fingerprint density at radius 2 is 1.65 bits per heavy atom. The van der Waals surface area contributed by atoms with Crippen molar-refractivity contribution >= 4 is 29.3 Å². The van der Waals surface area contributed by atoms with Gasteiger partial charge in [-0.25, -0.2) is 0 Å². The lowest BCUT2D eigenvalue weighted by Crippen LogP contribution is -2.37. The maximum atomic E-state index is 9.43. The summed E-state index contributed by atoms with van der Waals surface area (Å²) >= 11 is 0. The number of benzene rings is 2. The summed E-state index contributed by atoms with van der Waals surface area (Å²) in [5, 5.41) is 23.8. The Labute approximate surface area is 203 Å². The molecule has 4 rings (SSSR count). The minimum absolute atomic E-state index is 0. The maximum Gasteiger partial charge on any atom is 0.258 e. The number of rotatable bonds is 10. The quantitative estimate of drug-likeness (QED) is 0.339. The van der Waals surface area contributed by atoms with Gasteiger partial charge in [0.25, 0.3) is 5.89 Å². The van der Waals surface area contributed by atoms with E-state index in [-0.39, 0.29) is 25.6 Å². The van der Waals surface area contributed by atoms with Gasteiger partial charge in [-0.1, -0.05) is 5.16 Å². The topological polar surface area (TPSA) is 114 Å². The number of aromatic nitrogens is 2. The van der Waals surface area contributed by atoms with Gasteiger partial charge in [-0.2, -0.15) is 4.98 Å². The minimum atomic E-state index is -0.444. The van der Waals surface area contributed by atoms with E-state index in [1.807, 2.05) is 56.3 Å². The van der Waals surface area contributed by atoms with E-state index in [0.717, 1.165) is 16.5 Å². The van der Waals surface area contributed by atoms with Gasteiger partial charge in [0.15, 0.2) is 17.4 Å². The molecule has 182 valence electrons. The van der Waals surface area contributed by atoms with Crippen molar-refractivity contribution in [1.29, 1.82) is 0 Å². The molecule has 0 aliphatic carbocycles. The highest BCUT2D eigenvalue weighted by molar-refractivity contribution is 5.86. The first-order chi connectivity index (χ1) is 16.1. The number of fused-ring (bicyclic) bond motifs is 1. The number of likely N-dealkylation sites (N-methyl/N-ethyl adjacent to an activating group) is 1. The molecule has 2 heterocycles. The maximum absolute atomic E-state index is 9.43. The molecule has 0 saturated heterocycles. The number of anilines is 1. The van der Waals surface area contributed by atoms with Gasteiger partial charge >= 0.3 is 0 Å². The highest BCUT2D eigenvalue weighted by Crippen LogP contribution is 2.34. The van der Waals surface area contributed by atoms with Crippen LogP contribution in [0, 0.1) is 0 Å². The van der Waals surface area contributed by atoms with E-state index in [1.165, 1.54) is 0 Å². The molecule has 0 fully saturated rings. The SMILES string of the molecule is CCOc1ccc(-c2nc(-c3ccc4oc(N(C)C(CO)CO)cc4c3)no2)cc1OCC.Cl. The Morgan fingerprint density at radius 1 is 0.941 bits per heavy atom. The molecule has 0 aliphatic rings. The molecule has 10 heteroatoms. The van der Waals surface area contributed by atoms with E-state index in [1.54, 1.807) is 11.9 Å². The van der Waals surface area contributed by atoms with Crippen LogP contribution >= 0.6 is 12.4 Å². The first-order valence-electron chi connectivity index (χ1n) is 10.8. The molecule has 0 bridgehead atoms. The van der Waals surface area contributed by atoms with Crippen molar-refractivity contribution in [3.8, 4) is 34.3 Å². The molecule has 2 aromatic heterocycles. The number of hydrogen-bond acceptors (Lipinski definition) is 9. The zero-order valence-corrected chi connectivity index (χ0v) is 20.0. The predicted octanol–water partition coefficient (Wildman–Crippen LogP) is 4.16. The van der Waals surface area contributed by atoms with E-state index < -0.39 is 6.04 Å². The van der Waals surface area contributed by atoms with E-state index >= 15 is 0 Å². The Morgan fingerprint density at radius 3 is 2.35 bits per heavy atom. The lowest BCUT2D eigenvalue weighted by atomic mass is 10.1. The van der Waals surface area contributed by atoms with Crippen molar-refractivity contribution in [3.63, 3.8) is 0 Å². The second kappa shape index (κ2) is 11.2. The van der Waals surface area contributed by atoms with Gasteiger partial charge in [0, 0.05) is 29.6 Å². The van der Waals surface area contributed by atoms with Gasteiger partial charge in [-0.05, 0) is 50.2 Å². The van der Waals surface area contributed by atoms with Crippen LogP contribution in [0.5, 0.6) is 11.5 Å². The number of aliphatic hydroxyl groups is 2. The third-order valence-corrected chi connectivity index (χ3v) is 5.29. The van der Waals surface area contributed by atoms with Crippen molar-refractivity contribution in [2.75, 3.05) is 38.4 Å². The third kappa shape index (κ3) is 5.11. The second-order valence-electron chi connectivity index (χ2n) is 7.42. The Kier molecular flexibility index (Phi) is 8.38. The van der Waals surface area contributed by atoms with E-state index in [2.05, 4.69) is 10.1 Å². The van der Waals surface area contributed by atoms with Gasteiger partial charge in [-0.3, -0.25) is 0 Å². The highest BCUT2D eigenvalue weighted by Gasteiger charge is 2.18. The summed E-state index contributed by atoms with van der Waals surface area (Å²) in [5.74, 6) is 2.64. The smallest absolute Gasteiger partial charge is 0.258 e. The summed E-state index contributed by atoms with van der Waals surface area (Å²) in [6, 6.07) is 12.5. The van der Waals surface area contributed by atoms with Crippen LogP contribution in [0.25, 0.3) is 33.8 Å². The lowest BCUT2D eigenvalue weighted by Gasteiger charge is -2.23. The summed E-state index contributed by atoms with van der Waals surface area (Å²) < 4.78 is 22.7. The largest absolute Gasteiger partial charge is 0.490 e. The standard InChI is InChI=1S/C24H27N3O6.ClH/c1-4-30-20-9-7-16(11-21(20)31-5-2)24-25-23(26-33-24)15-6-8-19-17(10-15)12-22(32-19)27(3)18(13-28)14-29;/h6-12,18,28-29H,4-5,13-14H2,1-3H3;1H. The average Bonchev–Trinajstić information content (AvgIpc) is 3.48. The van der Waals surface area contributed by atoms with Crippen molar-refractivity contribution in [1.82, 2.24) is 10.1 Å². The van der Waals surface area contributed by atoms with E-state index in [0.29, 0.717) is 47.9 Å². The summed E-state index contributed by atoms with van der Waals surface area (Å²) in [7, 11) is 1.76. The minimum Gasteiger partial charge on any atom is -0.490 e. The fourth-order valence-electron chi connectivity index (χ4n) is 3.47. The van der Waals surface area contributed by atoms with Gasteiger partial charge in [0.05, 0.1) is 32.5 Å². The summed E-state index contributed by atoms with van der Waals surface area (Å²) in [6.45, 7) is 4.52. The lowest BCUT2D eigenvalue weighted by molar-refractivity contribution is 0.188. The molecule has 9 nitrogen and oxygen atoms in total. The predicted molar refractivity (Wildman–Crippen MR) is 131 cm³/mol. The number of nitrogens with zero attached hydrogens (tertiary/aromatic N) is 3. The van der Waals surface area contributed by atoms with Crippen LogP contribution in [-0.2, 0) is 0 Å². The number of aliphatic hydroxyl groups excluding tert-OH is 2. The van der Waals surface area contributed by atoms with Crippen LogP contribution < -0.4 is 14.4 Å². The third-order valence-electron chi connectivity index (χ3n) is 5.29. The molecule has 0 spiro atoms. The number of ether oxygens (including phenoxy) is 2. The molecule has 0 amide bonds. The van der Waals surface area contributed by atoms with E-state index in [9.17, 15) is 10.2 Å². The molecule has 2 N–H and O–H groups in total. The molecule has 4 aromatic rings. The van der Waals surface area contributed by atoms with Crippen LogP contribution in [-0.4, -0.2) is 59.9 Å². The number of furan rings is 1. The Balaban J connectivity index is 0.00000324. The molecule has 0 unspecified atom stereocenters. The van der Waals surface area contributed by atoms with Gasteiger partial charge < -0.3 is 33.5 Å². The molecule has 0 atom stereocenters. The van der Waals surface area contributed by atoms with Crippen LogP contribution in [0.3, 0.4) is 0 Å². The summed E-state index contributed by atoms with van der Waals surface area (Å²) in [6.07, 6.45) is 0.